The number of nitrogens with one attached hydrogen (secondary N) is 1. The van der Waals surface area contributed by atoms with Crippen LogP contribution < -0.4 is 11.1 Å². The van der Waals surface area contributed by atoms with Gasteiger partial charge in [0.25, 0.3) is 0 Å². The number of hydrogen-bond acceptors (Lipinski definition) is 2. The third-order valence-corrected chi connectivity index (χ3v) is 4.74. The summed E-state index contributed by atoms with van der Waals surface area (Å²) in [7, 11) is 0. The molecule has 1 aromatic rings. The van der Waals surface area contributed by atoms with Crippen LogP contribution >= 0.6 is 28.3 Å². The van der Waals surface area contributed by atoms with E-state index in [-0.39, 0.29) is 29.8 Å². The van der Waals surface area contributed by atoms with Gasteiger partial charge in [-0.2, -0.15) is 0 Å². The predicted octanol–water partition coefficient (Wildman–Crippen LogP) is 3.54. The first-order chi connectivity index (χ1) is 9.58. The number of amides is 1. The number of benzene rings is 1. The van der Waals surface area contributed by atoms with Crippen molar-refractivity contribution in [3.05, 3.63) is 34.3 Å². The molecule has 5 heteroatoms. The number of carbonyl (C=O) groups excluding carboxylic acids is 1. The SMILES string of the molecule is C[C@@H](CN)NC(=O)C1(c2cccc(Br)c2)CCCCC1.Cl. The van der Waals surface area contributed by atoms with Gasteiger partial charge >= 0.3 is 0 Å². The van der Waals surface area contributed by atoms with Gasteiger partial charge in [-0.15, -0.1) is 12.4 Å². The van der Waals surface area contributed by atoms with Gasteiger partial charge in [-0.05, 0) is 37.5 Å². The van der Waals surface area contributed by atoms with Gasteiger partial charge in [-0.1, -0.05) is 47.3 Å². The Hall–Kier alpha value is -0.580. The minimum Gasteiger partial charge on any atom is -0.352 e. The van der Waals surface area contributed by atoms with Crippen molar-refractivity contribution < 1.29 is 4.79 Å². The molecule has 21 heavy (non-hydrogen) atoms. The van der Waals surface area contributed by atoms with Gasteiger partial charge in [0.15, 0.2) is 0 Å². The van der Waals surface area contributed by atoms with Gasteiger partial charge < -0.3 is 11.1 Å². The molecule has 1 atom stereocenters. The van der Waals surface area contributed by atoms with Gasteiger partial charge in [0.05, 0.1) is 5.41 Å². The molecule has 0 bridgehead atoms. The summed E-state index contributed by atoms with van der Waals surface area (Å²) in [5, 5.41) is 3.08. The third kappa shape index (κ3) is 4.21. The lowest BCUT2D eigenvalue weighted by atomic mass is 9.68. The maximum atomic E-state index is 12.8. The van der Waals surface area contributed by atoms with E-state index in [4.69, 9.17) is 5.73 Å². The van der Waals surface area contributed by atoms with E-state index in [0.717, 1.165) is 35.7 Å². The van der Waals surface area contributed by atoms with E-state index < -0.39 is 0 Å². The Labute approximate surface area is 141 Å². The molecule has 1 aliphatic rings. The van der Waals surface area contributed by atoms with Gasteiger partial charge in [-0.25, -0.2) is 0 Å². The topological polar surface area (TPSA) is 55.1 Å². The van der Waals surface area contributed by atoms with Crippen LogP contribution in [0.5, 0.6) is 0 Å². The highest BCUT2D eigenvalue weighted by Crippen LogP contribution is 2.40. The second kappa shape index (κ2) is 8.16. The maximum absolute atomic E-state index is 12.8. The molecule has 0 spiro atoms. The van der Waals surface area contributed by atoms with E-state index in [0.29, 0.717) is 6.54 Å². The predicted molar refractivity (Wildman–Crippen MR) is 92.8 cm³/mol. The molecule has 0 saturated heterocycles. The smallest absolute Gasteiger partial charge is 0.230 e. The van der Waals surface area contributed by atoms with E-state index in [1.165, 1.54) is 6.42 Å². The van der Waals surface area contributed by atoms with E-state index in [1.54, 1.807) is 0 Å². The van der Waals surface area contributed by atoms with E-state index in [9.17, 15) is 4.79 Å². The summed E-state index contributed by atoms with van der Waals surface area (Å²) >= 11 is 3.51. The van der Waals surface area contributed by atoms with Crippen molar-refractivity contribution in [3.63, 3.8) is 0 Å². The number of nitrogens with two attached hydrogens (primary N) is 1. The maximum Gasteiger partial charge on any atom is 0.230 e. The fourth-order valence-electron chi connectivity index (χ4n) is 3.01. The molecule has 0 unspecified atom stereocenters. The fraction of sp³-hybridized carbons (Fsp3) is 0.562. The molecule has 0 heterocycles. The van der Waals surface area contributed by atoms with Gasteiger partial charge in [-0.3, -0.25) is 4.79 Å². The van der Waals surface area contributed by atoms with Crippen molar-refractivity contribution in [2.24, 2.45) is 5.73 Å². The van der Waals surface area contributed by atoms with E-state index >= 15 is 0 Å². The van der Waals surface area contributed by atoms with Crippen LogP contribution in [-0.4, -0.2) is 18.5 Å². The Bertz CT molecular complexity index is 475. The zero-order valence-electron chi connectivity index (χ0n) is 12.4. The largest absolute Gasteiger partial charge is 0.352 e. The normalized spacial score (nSPS) is 18.4. The van der Waals surface area contributed by atoms with Crippen molar-refractivity contribution in [2.75, 3.05) is 6.54 Å². The van der Waals surface area contributed by atoms with Crippen molar-refractivity contribution >= 4 is 34.2 Å². The van der Waals surface area contributed by atoms with Crippen molar-refractivity contribution in [1.82, 2.24) is 5.32 Å². The quantitative estimate of drug-likeness (QED) is 0.845. The monoisotopic (exact) mass is 374 g/mol. The van der Waals surface area contributed by atoms with Gasteiger partial charge in [0.2, 0.25) is 5.91 Å². The summed E-state index contributed by atoms with van der Waals surface area (Å²) in [5.41, 5.74) is 6.37. The molecular formula is C16H24BrClN2O. The molecule has 118 valence electrons. The van der Waals surface area contributed by atoms with Gasteiger partial charge in [0.1, 0.15) is 0 Å². The molecule has 0 aromatic heterocycles. The van der Waals surface area contributed by atoms with Crippen molar-refractivity contribution in [2.45, 2.75) is 50.5 Å². The Morgan fingerprint density at radius 2 is 2.05 bits per heavy atom. The summed E-state index contributed by atoms with van der Waals surface area (Å²) in [6.45, 7) is 2.43. The van der Waals surface area contributed by atoms with Crippen LogP contribution in [0.4, 0.5) is 0 Å². The molecule has 1 amide bonds. The number of hydrogen-bond donors (Lipinski definition) is 2. The number of carbonyl (C=O) groups is 1. The zero-order chi connectivity index (χ0) is 14.6. The van der Waals surface area contributed by atoms with Crippen LogP contribution in [0.3, 0.4) is 0 Å². The molecule has 1 aromatic carbocycles. The second-order valence-corrected chi connectivity index (χ2v) is 6.68. The highest BCUT2D eigenvalue weighted by Gasteiger charge is 2.41. The highest BCUT2D eigenvalue weighted by atomic mass is 79.9. The summed E-state index contributed by atoms with van der Waals surface area (Å²) in [6, 6.07) is 8.19. The van der Waals surface area contributed by atoms with E-state index in [2.05, 4.69) is 33.4 Å². The van der Waals surface area contributed by atoms with Crippen LogP contribution in [-0.2, 0) is 10.2 Å². The first-order valence-electron chi connectivity index (χ1n) is 7.35. The number of halogens is 2. The second-order valence-electron chi connectivity index (χ2n) is 5.76. The zero-order valence-corrected chi connectivity index (χ0v) is 14.8. The lowest BCUT2D eigenvalue weighted by Gasteiger charge is -2.37. The summed E-state index contributed by atoms with van der Waals surface area (Å²) < 4.78 is 1.03. The summed E-state index contributed by atoms with van der Waals surface area (Å²) in [5.74, 6) is 0.133. The Morgan fingerprint density at radius 3 is 2.62 bits per heavy atom. The first-order valence-corrected chi connectivity index (χ1v) is 8.15. The summed E-state index contributed by atoms with van der Waals surface area (Å²) in [4.78, 5) is 12.8. The molecular weight excluding hydrogens is 352 g/mol. The molecule has 1 fully saturated rings. The molecule has 3 nitrogen and oxygen atoms in total. The molecule has 1 saturated carbocycles. The lowest BCUT2D eigenvalue weighted by Crippen LogP contribution is -2.50. The molecule has 0 radical (unpaired) electrons. The Morgan fingerprint density at radius 1 is 1.38 bits per heavy atom. The minimum atomic E-state index is -0.383. The average molecular weight is 376 g/mol. The van der Waals surface area contributed by atoms with Crippen LogP contribution in [0.2, 0.25) is 0 Å². The molecule has 2 rings (SSSR count). The van der Waals surface area contributed by atoms with Crippen molar-refractivity contribution in [3.8, 4) is 0 Å². The minimum absolute atomic E-state index is 0. The molecule has 0 aliphatic heterocycles. The average Bonchev–Trinajstić information content (AvgIpc) is 2.47. The first kappa shape index (κ1) is 18.5. The van der Waals surface area contributed by atoms with Crippen LogP contribution in [0.15, 0.2) is 28.7 Å². The van der Waals surface area contributed by atoms with Crippen molar-refractivity contribution in [1.29, 1.82) is 0 Å². The van der Waals surface area contributed by atoms with Crippen LogP contribution in [0, 0.1) is 0 Å². The van der Waals surface area contributed by atoms with Crippen LogP contribution in [0.25, 0.3) is 0 Å². The fourth-order valence-corrected chi connectivity index (χ4v) is 3.41. The van der Waals surface area contributed by atoms with E-state index in [1.807, 2.05) is 19.1 Å². The Kier molecular flexibility index (Phi) is 7.17. The molecule has 1 aliphatic carbocycles. The van der Waals surface area contributed by atoms with Gasteiger partial charge in [0, 0.05) is 17.1 Å². The lowest BCUT2D eigenvalue weighted by molar-refractivity contribution is -0.128. The third-order valence-electron chi connectivity index (χ3n) is 4.25. The van der Waals surface area contributed by atoms with Crippen LogP contribution in [0.1, 0.15) is 44.6 Å². The standard InChI is InChI=1S/C16H23BrN2O.ClH/c1-12(11-18)19-15(20)16(8-3-2-4-9-16)13-6-5-7-14(17)10-13;/h5-7,10,12H,2-4,8-9,11,18H2,1H3,(H,19,20);1H/t12-;/m0./s1. The number of rotatable bonds is 4. The summed E-state index contributed by atoms with van der Waals surface area (Å²) in [6.07, 6.45) is 5.28. The Balaban J connectivity index is 0.00000220. The molecule has 3 N–H and O–H groups in total. The highest BCUT2D eigenvalue weighted by molar-refractivity contribution is 9.10.